The molecule has 2 heteroatoms. The molecule has 1 rings (SSSR count). The molecule has 1 aromatic rings. The molecule has 0 aliphatic carbocycles. The van der Waals surface area contributed by atoms with Crippen LogP contribution in [0, 0.1) is 13.8 Å². The van der Waals surface area contributed by atoms with E-state index in [1.807, 2.05) is 0 Å². The summed E-state index contributed by atoms with van der Waals surface area (Å²) < 4.78 is 5.28. The number of methoxy groups -OCH3 is 1. The lowest BCUT2D eigenvalue weighted by atomic mass is 9.99. The minimum Gasteiger partial charge on any atom is -0.383 e. The molecule has 0 aliphatic heterocycles. The minimum atomic E-state index is 0.372. The largest absolute Gasteiger partial charge is 0.383 e. The van der Waals surface area contributed by atoms with E-state index >= 15 is 0 Å². The van der Waals surface area contributed by atoms with Crippen molar-refractivity contribution in [2.45, 2.75) is 52.6 Å². The SMILES string of the molecule is CCCC(COC)NC(C)c1ccc(C)cc1C. The Morgan fingerprint density at radius 2 is 2.00 bits per heavy atom. The average Bonchev–Trinajstić information content (AvgIpc) is 2.29. The summed E-state index contributed by atoms with van der Waals surface area (Å²) in [5, 5.41) is 3.67. The fourth-order valence-corrected chi connectivity index (χ4v) is 2.52. The van der Waals surface area contributed by atoms with Gasteiger partial charge in [0, 0.05) is 19.2 Å². The van der Waals surface area contributed by atoms with E-state index in [0.717, 1.165) is 13.0 Å². The molecule has 102 valence electrons. The molecule has 1 aromatic carbocycles. The first-order valence-corrected chi connectivity index (χ1v) is 6.90. The normalized spacial score (nSPS) is 14.5. The molecule has 1 N–H and O–H groups in total. The van der Waals surface area contributed by atoms with E-state index in [4.69, 9.17) is 4.74 Å². The second-order valence-corrected chi connectivity index (χ2v) is 5.19. The lowest BCUT2D eigenvalue weighted by molar-refractivity contribution is 0.157. The summed E-state index contributed by atoms with van der Waals surface area (Å²) in [5.41, 5.74) is 4.07. The van der Waals surface area contributed by atoms with Crippen molar-refractivity contribution >= 4 is 0 Å². The molecule has 0 bridgehead atoms. The van der Waals surface area contributed by atoms with E-state index in [1.54, 1.807) is 7.11 Å². The van der Waals surface area contributed by atoms with Crippen LogP contribution in [0.15, 0.2) is 18.2 Å². The van der Waals surface area contributed by atoms with Crippen molar-refractivity contribution in [1.29, 1.82) is 0 Å². The van der Waals surface area contributed by atoms with Crippen LogP contribution in [0.5, 0.6) is 0 Å². The van der Waals surface area contributed by atoms with Crippen LogP contribution in [0.1, 0.15) is 49.4 Å². The highest BCUT2D eigenvalue weighted by molar-refractivity contribution is 5.32. The Kier molecular flexibility index (Phi) is 6.37. The summed E-state index contributed by atoms with van der Waals surface area (Å²) in [6.45, 7) is 9.55. The molecule has 2 nitrogen and oxygen atoms in total. The van der Waals surface area contributed by atoms with Crippen molar-refractivity contribution in [2.24, 2.45) is 0 Å². The van der Waals surface area contributed by atoms with Gasteiger partial charge < -0.3 is 10.1 Å². The van der Waals surface area contributed by atoms with Crippen molar-refractivity contribution in [3.8, 4) is 0 Å². The third-order valence-corrected chi connectivity index (χ3v) is 3.38. The van der Waals surface area contributed by atoms with Gasteiger partial charge in [0.2, 0.25) is 0 Å². The Morgan fingerprint density at radius 3 is 2.56 bits per heavy atom. The van der Waals surface area contributed by atoms with Crippen molar-refractivity contribution < 1.29 is 4.74 Å². The van der Waals surface area contributed by atoms with Gasteiger partial charge in [0.05, 0.1) is 6.61 Å². The van der Waals surface area contributed by atoms with Crippen molar-refractivity contribution in [2.75, 3.05) is 13.7 Å². The molecule has 0 saturated heterocycles. The molecular weight excluding hydrogens is 222 g/mol. The van der Waals surface area contributed by atoms with Crippen LogP contribution in [-0.4, -0.2) is 19.8 Å². The van der Waals surface area contributed by atoms with Gasteiger partial charge in [-0.05, 0) is 38.3 Å². The summed E-state index contributed by atoms with van der Waals surface area (Å²) in [7, 11) is 1.77. The third kappa shape index (κ3) is 4.43. The zero-order valence-corrected chi connectivity index (χ0v) is 12.4. The Labute approximate surface area is 112 Å². The highest BCUT2D eigenvalue weighted by Crippen LogP contribution is 2.19. The molecule has 0 heterocycles. The van der Waals surface area contributed by atoms with Crippen LogP contribution in [0.4, 0.5) is 0 Å². The topological polar surface area (TPSA) is 21.3 Å². The van der Waals surface area contributed by atoms with Crippen LogP contribution >= 0.6 is 0 Å². The maximum absolute atomic E-state index is 5.28. The third-order valence-electron chi connectivity index (χ3n) is 3.38. The number of nitrogens with one attached hydrogen (secondary N) is 1. The maximum atomic E-state index is 5.28. The van der Waals surface area contributed by atoms with Crippen molar-refractivity contribution in [3.05, 3.63) is 34.9 Å². The second kappa shape index (κ2) is 7.55. The predicted octanol–water partition coefficient (Wildman–Crippen LogP) is 3.77. The number of aryl methyl sites for hydroxylation is 2. The lowest BCUT2D eigenvalue weighted by Crippen LogP contribution is -2.35. The fourth-order valence-electron chi connectivity index (χ4n) is 2.52. The highest BCUT2D eigenvalue weighted by atomic mass is 16.5. The zero-order valence-electron chi connectivity index (χ0n) is 12.4. The van der Waals surface area contributed by atoms with Gasteiger partial charge >= 0.3 is 0 Å². The number of benzene rings is 1. The van der Waals surface area contributed by atoms with Crippen LogP contribution in [0.2, 0.25) is 0 Å². The smallest absolute Gasteiger partial charge is 0.0616 e. The Bertz CT molecular complexity index is 356. The van der Waals surface area contributed by atoms with Gasteiger partial charge in [-0.15, -0.1) is 0 Å². The summed E-state index contributed by atoms with van der Waals surface area (Å²) in [5.74, 6) is 0. The zero-order chi connectivity index (χ0) is 13.5. The lowest BCUT2D eigenvalue weighted by Gasteiger charge is -2.24. The number of rotatable bonds is 7. The van der Waals surface area contributed by atoms with Crippen LogP contribution in [0.25, 0.3) is 0 Å². The van der Waals surface area contributed by atoms with Gasteiger partial charge in [-0.3, -0.25) is 0 Å². The summed E-state index contributed by atoms with van der Waals surface area (Å²) in [6.07, 6.45) is 2.34. The quantitative estimate of drug-likeness (QED) is 0.794. The minimum absolute atomic E-state index is 0.372. The molecule has 0 amide bonds. The van der Waals surface area contributed by atoms with Gasteiger partial charge in [-0.1, -0.05) is 37.1 Å². The monoisotopic (exact) mass is 249 g/mol. The molecule has 0 aliphatic rings. The molecule has 0 aromatic heterocycles. The van der Waals surface area contributed by atoms with E-state index in [-0.39, 0.29) is 0 Å². The first-order chi connectivity index (χ1) is 8.58. The maximum Gasteiger partial charge on any atom is 0.0616 e. The molecule has 2 atom stereocenters. The van der Waals surface area contributed by atoms with Gasteiger partial charge in [-0.25, -0.2) is 0 Å². The molecule has 0 radical (unpaired) electrons. The molecule has 0 spiro atoms. The summed E-state index contributed by atoms with van der Waals surface area (Å²) >= 11 is 0. The Balaban J connectivity index is 2.70. The molecule has 2 unspecified atom stereocenters. The van der Waals surface area contributed by atoms with Crippen LogP contribution in [0.3, 0.4) is 0 Å². The van der Waals surface area contributed by atoms with Gasteiger partial charge in [0.1, 0.15) is 0 Å². The van der Waals surface area contributed by atoms with E-state index < -0.39 is 0 Å². The van der Waals surface area contributed by atoms with E-state index in [0.29, 0.717) is 12.1 Å². The fraction of sp³-hybridized carbons (Fsp3) is 0.625. The van der Waals surface area contributed by atoms with Gasteiger partial charge in [-0.2, -0.15) is 0 Å². The molecular formula is C16H27NO. The predicted molar refractivity (Wildman–Crippen MR) is 78.0 cm³/mol. The summed E-state index contributed by atoms with van der Waals surface area (Å²) in [6, 6.07) is 7.48. The molecule has 18 heavy (non-hydrogen) atoms. The molecule has 0 saturated carbocycles. The number of ether oxygens (including phenoxy) is 1. The van der Waals surface area contributed by atoms with Crippen molar-refractivity contribution in [3.63, 3.8) is 0 Å². The second-order valence-electron chi connectivity index (χ2n) is 5.19. The Morgan fingerprint density at radius 1 is 1.28 bits per heavy atom. The summed E-state index contributed by atoms with van der Waals surface area (Å²) in [4.78, 5) is 0. The van der Waals surface area contributed by atoms with Crippen LogP contribution in [-0.2, 0) is 4.74 Å². The highest BCUT2D eigenvalue weighted by Gasteiger charge is 2.14. The first-order valence-electron chi connectivity index (χ1n) is 6.90. The first kappa shape index (κ1) is 15.2. The van der Waals surface area contributed by atoms with E-state index in [2.05, 4.69) is 51.2 Å². The van der Waals surface area contributed by atoms with Crippen LogP contribution < -0.4 is 5.32 Å². The Hall–Kier alpha value is -0.860. The number of hydrogen-bond acceptors (Lipinski definition) is 2. The van der Waals surface area contributed by atoms with E-state index in [9.17, 15) is 0 Å². The van der Waals surface area contributed by atoms with Gasteiger partial charge in [0.25, 0.3) is 0 Å². The number of hydrogen-bond donors (Lipinski definition) is 1. The van der Waals surface area contributed by atoms with E-state index in [1.165, 1.54) is 23.1 Å². The van der Waals surface area contributed by atoms with Crippen molar-refractivity contribution in [1.82, 2.24) is 5.32 Å². The molecule has 0 fully saturated rings. The van der Waals surface area contributed by atoms with Gasteiger partial charge in [0.15, 0.2) is 0 Å². The average molecular weight is 249 g/mol. The standard InChI is InChI=1S/C16H27NO/c1-6-7-15(11-18-5)17-14(4)16-9-8-12(2)10-13(16)3/h8-10,14-15,17H,6-7,11H2,1-5H3.